The molecule has 1 N–H and O–H groups in total. The van der Waals surface area contributed by atoms with Gasteiger partial charge in [0.1, 0.15) is 5.82 Å². The Morgan fingerprint density at radius 1 is 1.33 bits per heavy atom. The van der Waals surface area contributed by atoms with Crippen molar-refractivity contribution in [3.63, 3.8) is 0 Å². The second kappa shape index (κ2) is 5.57. The monoisotopic (exact) mass is 306 g/mol. The van der Waals surface area contributed by atoms with E-state index in [1.54, 1.807) is 4.68 Å². The van der Waals surface area contributed by atoms with Gasteiger partial charge >= 0.3 is 0 Å². The SMILES string of the molecule is Cn1nc(-c2ccccc2)nc1CNC1CCS(=O)(=O)C1. The highest BCUT2D eigenvalue weighted by molar-refractivity contribution is 7.91. The molecule has 1 atom stereocenters. The van der Waals surface area contributed by atoms with Crippen molar-refractivity contribution in [2.45, 2.75) is 19.0 Å². The van der Waals surface area contributed by atoms with Crippen LogP contribution in [-0.2, 0) is 23.4 Å². The van der Waals surface area contributed by atoms with Crippen LogP contribution < -0.4 is 5.32 Å². The van der Waals surface area contributed by atoms with Gasteiger partial charge in [-0.1, -0.05) is 30.3 Å². The fourth-order valence-corrected chi connectivity index (χ4v) is 4.18. The molecule has 1 aliphatic rings. The number of nitrogens with one attached hydrogen (secondary N) is 1. The summed E-state index contributed by atoms with van der Waals surface area (Å²) in [5.41, 5.74) is 0.975. The first kappa shape index (κ1) is 14.2. The number of hydrogen-bond acceptors (Lipinski definition) is 5. The molecule has 0 amide bonds. The van der Waals surface area contributed by atoms with E-state index in [1.165, 1.54) is 0 Å². The second-order valence-electron chi connectivity index (χ2n) is 5.32. The molecule has 0 bridgehead atoms. The highest BCUT2D eigenvalue weighted by Gasteiger charge is 2.27. The second-order valence-corrected chi connectivity index (χ2v) is 7.55. The predicted molar refractivity (Wildman–Crippen MR) is 80.3 cm³/mol. The first-order valence-electron chi connectivity index (χ1n) is 6.93. The molecule has 21 heavy (non-hydrogen) atoms. The quantitative estimate of drug-likeness (QED) is 0.902. The standard InChI is InChI=1S/C14H18N4O2S/c1-18-13(9-15-12-7-8-21(19,20)10-12)16-14(17-18)11-5-3-2-4-6-11/h2-6,12,15H,7-10H2,1H3. The van der Waals surface area contributed by atoms with Crippen molar-refractivity contribution in [2.24, 2.45) is 7.05 Å². The molecule has 1 saturated heterocycles. The molecular formula is C14H18N4O2S. The summed E-state index contributed by atoms with van der Waals surface area (Å²) in [5.74, 6) is 1.99. The van der Waals surface area contributed by atoms with E-state index in [0.717, 1.165) is 11.4 Å². The predicted octanol–water partition coefficient (Wildman–Crippen LogP) is 0.759. The first-order chi connectivity index (χ1) is 10.0. The summed E-state index contributed by atoms with van der Waals surface area (Å²) >= 11 is 0. The van der Waals surface area contributed by atoms with Gasteiger partial charge in [0.15, 0.2) is 15.7 Å². The molecule has 0 spiro atoms. The number of hydrogen-bond donors (Lipinski definition) is 1. The van der Waals surface area contributed by atoms with E-state index >= 15 is 0 Å². The van der Waals surface area contributed by atoms with Gasteiger partial charge in [0.2, 0.25) is 0 Å². The Hall–Kier alpha value is -1.73. The summed E-state index contributed by atoms with van der Waals surface area (Å²) in [6.07, 6.45) is 0.672. The Balaban J connectivity index is 1.68. The Bertz CT molecular complexity index is 725. The van der Waals surface area contributed by atoms with Crippen LogP contribution in [0.2, 0.25) is 0 Å². The topological polar surface area (TPSA) is 76.9 Å². The molecular weight excluding hydrogens is 288 g/mol. The van der Waals surface area contributed by atoms with Crippen LogP contribution in [-0.4, -0.2) is 40.7 Å². The van der Waals surface area contributed by atoms with Gasteiger partial charge in [-0.2, -0.15) is 5.10 Å². The smallest absolute Gasteiger partial charge is 0.181 e. The van der Waals surface area contributed by atoms with E-state index in [9.17, 15) is 8.42 Å². The Labute approximate surface area is 124 Å². The van der Waals surface area contributed by atoms with Gasteiger partial charge in [-0.3, -0.25) is 4.68 Å². The van der Waals surface area contributed by atoms with Gasteiger partial charge in [0.25, 0.3) is 0 Å². The van der Waals surface area contributed by atoms with Crippen LogP contribution in [0, 0.1) is 0 Å². The fourth-order valence-electron chi connectivity index (χ4n) is 2.47. The lowest BCUT2D eigenvalue weighted by molar-refractivity contribution is 0.527. The highest BCUT2D eigenvalue weighted by Crippen LogP contribution is 2.15. The van der Waals surface area contributed by atoms with Gasteiger partial charge < -0.3 is 5.32 Å². The van der Waals surface area contributed by atoms with Crippen molar-refractivity contribution >= 4 is 9.84 Å². The molecule has 1 aromatic carbocycles. The van der Waals surface area contributed by atoms with E-state index in [1.807, 2.05) is 37.4 Å². The maximum atomic E-state index is 11.4. The molecule has 112 valence electrons. The molecule has 1 fully saturated rings. The van der Waals surface area contributed by atoms with E-state index < -0.39 is 9.84 Å². The van der Waals surface area contributed by atoms with Gasteiger partial charge in [0.05, 0.1) is 18.1 Å². The third-order valence-corrected chi connectivity index (χ3v) is 5.43. The number of nitrogens with zero attached hydrogens (tertiary/aromatic N) is 3. The molecule has 7 heteroatoms. The molecule has 3 rings (SSSR count). The molecule has 2 aromatic rings. The average Bonchev–Trinajstić information content (AvgIpc) is 3.00. The summed E-state index contributed by atoms with van der Waals surface area (Å²) in [6, 6.07) is 9.81. The van der Waals surface area contributed by atoms with Crippen LogP contribution in [0.15, 0.2) is 30.3 Å². The summed E-state index contributed by atoms with van der Waals surface area (Å²) in [7, 11) is -1.00. The van der Waals surface area contributed by atoms with Crippen molar-refractivity contribution in [1.82, 2.24) is 20.1 Å². The van der Waals surface area contributed by atoms with Crippen molar-refractivity contribution in [3.05, 3.63) is 36.2 Å². The zero-order valence-corrected chi connectivity index (χ0v) is 12.7. The third-order valence-electron chi connectivity index (χ3n) is 3.67. The number of benzene rings is 1. The van der Waals surface area contributed by atoms with Crippen LogP contribution in [0.1, 0.15) is 12.2 Å². The normalized spacial score (nSPS) is 20.7. The number of sulfone groups is 1. The van der Waals surface area contributed by atoms with Crippen LogP contribution in [0.25, 0.3) is 11.4 Å². The number of aryl methyl sites for hydroxylation is 1. The van der Waals surface area contributed by atoms with Crippen LogP contribution >= 0.6 is 0 Å². The summed E-state index contributed by atoms with van der Waals surface area (Å²) in [4.78, 5) is 4.52. The molecule has 0 radical (unpaired) electrons. The molecule has 1 aliphatic heterocycles. The number of aromatic nitrogens is 3. The summed E-state index contributed by atoms with van der Waals surface area (Å²) in [6.45, 7) is 0.524. The minimum atomic E-state index is -2.85. The molecule has 1 aromatic heterocycles. The molecule has 0 aliphatic carbocycles. The molecule has 6 nitrogen and oxygen atoms in total. The van der Waals surface area contributed by atoms with Gasteiger partial charge in [-0.05, 0) is 6.42 Å². The Morgan fingerprint density at radius 3 is 2.76 bits per heavy atom. The lowest BCUT2D eigenvalue weighted by atomic mass is 10.2. The molecule has 1 unspecified atom stereocenters. The first-order valence-corrected chi connectivity index (χ1v) is 8.75. The van der Waals surface area contributed by atoms with Crippen molar-refractivity contribution < 1.29 is 8.42 Å². The largest absolute Gasteiger partial charge is 0.306 e. The minimum Gasteiger partial charge on any atom is -0.306 e. The number of rotatable bonds is 4. The molecule has 2 heterocycles. The summed E-state index contributed by atoms with van der Waals surface area (Å²) in [5, 5.41) is 7.66. The zero-order valence-electron chi connectivity index (χ0n) is 11.9. The average molecular weight is 306 g/mol. The fraction of sp³-hybridized carbons (Fsp3) is 0.429. The van der Waals surface area contributed by atoms with Gasteiger partial charge in [-0.15, -0.1) is 0 Å². The lowest BCUT2D eigenvalue weighted by Crippen LogP contribution is -2.30. The third kappa shape index (κ3) is 3.30. The lowest BCUT2D eigenvalue weighted by Gasteiger charge is -2.09. The van der Waals surface area contributed by atoms with Crippen LogP contribution in [0.5, 0.6) is 0 Å². The highest BCUT2D eigenvalue weighted by atomic mass is 32.2. The van der Waals surface area contributed by atoms with Gasteiger partial charge in [-0.25, -0.2) is 13.4 Å². The van der Waals surface area contributed by atoms with E-state index in [-0.39, 0.29) is 17.5 Å². The van der Waals surface area contributed by atoms with Gasteiger partial charge in [0, 0.05) is 18.7 Å². The van der Waals surface area contributed by atoms with Crippen LogP contribution in [0.4, 0.5) is 0 Å². The van der Waals surface area contributed by atoms with E-state index in [2.05, 4.69) is 15.4 Å². The Morgan fingerprint density at radius 2 is 2.10 bits per heavy atom. The van der Waals surface area contributed by atoms with Crippen LogP contribution in [0.3, 0.4) is 0 Å². The summed E-state index contributed by atoms with van der Waals surface area (Å²) < 4.78 is 24.6. The van der Waals surface area contributed by atoms with Crippen molar-refractivity contribution in [3.8, 4) is 11.4 Å². The zero-order chi connectivity index (χ0) is 14.9. The van der Waals surface area contributed by atoms with E-state index in [4.69, 9.17) is 0 Å². The van der Waals surface area contributed by atoms with Crippen molar-refractivity contribution in [2.75, 3.05) is 11.5 Å². The molecule has 0 saturated carbocycles. The maximum absolute atomic E-state index is 11.4. The maximum Gasteiger partial charge on any atom is 0.181 e. The minimum absolute atomic E-state index is 0.0203. The Kier molecular flexibility index (Phi) is 3.77. The van der Waals surface area contributed by atoms with Crippen molar-refractivity contribution in [1.29, 1.82) is 0 Å². The van der Waals surface area contributed by atoms with E-state index in [0.29, 0.717) is 18.8 Å².